The van der Waals surface area contributed by atoms with Crippen LogP contribution in [0.15, 0.2) is 35.7 Å². The first-order chi connectivity index (χ1) is 11.6. The van der Waals surface area contributed by atoms with E-state index in [9.17, 15) is 4.79 Å². The summed E-state index contributed by atoms with van der Waals surface area (Å²) in [6.45, 7) is 3.83. The summed E-state index contributed by atoms with van der Waals surface area (Å²) in [4.78, 5) is 18.2. The normalized spacial score (nSPS) is 16.2. The largest absolute Gasteiger partial charge is 0.487 e. The lowest BCUT2D eigenvalue weighted by molar-refractivity contribution is -0.124. The molecule has 8 heteroatoms. The van der Waals surface area contributed by atoms with Crippen molar-refractivity contribution < 1.29 is 9.53 Å². The number of halogens is 2. The van der Waals surface area contributed by atoms with Crippen molar-refractivity contribution in [2.75, 3.05) is 13.1 Å². The second kappa shape index (κ2) is 10.5. The molecule has 0 radical (unpaired) electrons. The molecule has 0 bridgehead atoms. The number of ether oxygens (including phenoxy) is 1. The van der Waals surface area contributed by atoms with Crippen molar-refractivity contribution in [1.82, 2.24) is 9.88 Å². The van der Waals surface area contributed by atoms with Crippen molar-refractivity contribution >= 4 is 48.1 Å². The van der Waals surface area contributed by atoms with Crippen molar-refractivity contribution in [1.29, 1.82) is 0 Å². The molecular weight excluding hydrogens is 393 g/mol. The molecule has 1 atom stereocenters. The quantitative estimate of drug-likeness (QED) is 0.759. The van der Waals surface area contributed by atoms with Gasteiger partial charge >= 0.3 is 0 Å². The van der Waals surface area contributed by atoms with Crippen LogP contribution in [0, 0.1) is 6.92 Å². The molecule has 0 saturated carbocycles. The van der Waals surface area contributed by atoms with Gasteiger partial charge in [0.25, 0.3) is 0 Å². The molecule has 142 valence electrons. The Morgan fingerprint density at radius 3 is 2.69 bits per heavy atom. The molecule has 1 saturated heterocycles. The molecule has 1 amide bonds. The summed E-state index contributed by atoms with van der Waals surface area (Å²) in [6.07, 6.45) is 4.30. The molecule has 1 fully saturated rings. The van der Waals surface area contributed by atoms with Crippen molar-refractivity contribution in [3.05, 3.63) is 52.0 Å². The fourth-order valence-electron chi connectivity index (χ4n) is 2.57. The van der Waals surface area contributed by atoms with Gasteiger partial charge in [-0.15, -0.1) is 36.2 Å². The minimum atomic E-state index is 0. The van der Waals surface area contributed by atoms with E-state index >= 15 is 0 Å². The van der Waals surface area contributed by atoms with Gasteiger partial charge < -0.3 is 15.4 Å². The van der Waals surface area contributed by atoms with Crippen molar-refractivity contribution in [3.63, 3.8) is 0 Å². The minimum Gasteiger partial charge on any atom is -0.487 e. The Kier molecular flexibility index (Phi) is 9.08. The zero-order valence-corrected chi connectivity index (χ0v) is 16.9. The SMILES string of the molecule is Cc1nc(COc2ccc(/C=C/C(=O)N3CC[C@@H](N)C3)cc2)cs1.Cl.Cl. The number of likely N-dealkylation sites (tertiary alicyclic amines) is 1. The van der Waals surface area contributed by atoms with Crippen LogP contribution in [0.5, 0.6) is 5.75 Å². The van der Waals surface area contributed by atoms with Gasteiger partial charge in [-0.3, -0.25) is 4.79 Å². The van der Waals surface area contributed by atoms with Gasteiger partial charge in [-0.2, -0.15) is 0 Å². The third-order valence-electron chi connectivity index (χ3n) is 3.89. The summed E-state index contributed by atoms with van der Waals surface area (Å²) in [5.41, 5.74) is 7.73. The van der Waals surface area contributed by atoms with Crippen molar-refractivity contribution in [2.45, 2.75) is 26.0 Å². The number of hydrogen-bond donors (Lipinski definition) is 1. The molecule has 26 heavy (non-hydrogen) atoms. The molecule has 1 aromatic heterocycles. The van der Waals surface area contributed by atoms with Crippen LogP contribution in [0.25, 0.3) is 6.08 Å². The number of nitrogens with two attached hydrogens (primary N) is 1. The van der Waals surface area contributed by atoms with Gasteiger partial charge in [0.05, 0.1) is 10.7 Å². The Hall–Kier alpha value is -1.60. The lowest BCUT2D eigenvalue weighted by atomic mass is 10.2. The van der Waals surface area contributed by atoms with Gasteiger partial charge in [0.2, 0.25) is 5.91 Å². The molecule has 3 rings (SSSR count). The Morgan fingerprint density at radius 2 is 2.12 bits per heavy atom. The number of hydrogen-bond acceptors (Lipinski definition) is 5. The maximum atomic E-state index is 12.0. The number of rotatable bonds is 5. The zero-order valence-electron chi connectivity index (χ0n) is 14.5. The van der Waals surface area contributed by atoms with Gasteiger partial charge in [-0.1, -0.05) is 12.1 Å². The first kappa shape index (κ1) is 22.4. The standard InChI is InChI=1S/C18H21N3O2S.2ClH/c1-13-20-16(12-24-13)11-23-17-5-2-14(3-6-17)4-7-18(22)21-9-8-15(19)10-21;;/h2-7,12,15H,8-11,19H2,1H3;2*1H/b7-4+;;/t15-;;/m1../s1. The lowest BCUT2D eigenvalue weighted by Crippen LogP contribution is -2.30. The predicted octanol–water partition coefficient (Wildman–Crippen LogP) is 3.45. The number of amides is 1. The molecule has 2 N–H and O–H groups in total. The number of benzene rings is 1. The first-order valence-corrected chi connectivity index (χ1v) is 8.84. The topological polar surface area (TPSA) is 68.5 Å². The molecule has 1 aliphatic heterocycles. The Balaban J connectivity index is 0.00000169. The van der Waals surface area contributed by atoms with Crippen LogP contribution in [0.4, 0.5) is 0 Å². The van der Waals surface area contributed by atoms with E-state index in [2.05, 4.69) is 4.98 Å². The monoisotopic (exact) mass is 415 g/mol. The lowest BCUT2D eigenvalue weighted by Gasteiger charge is -2.12. The van der Waals surface area contributed by atoms with E-state index in [1.165, 1.54) is 0 Å². The van der Waals surface area contributed by atoms with Gasteiger partial charge in [0.1, 0.15) is 12.4 Å². The highest BCUT2D eigenvalue weighted by Crippen LogP contribution is 2.16. The third-order valence-corrected chi connectivity index (χ3v) is 4.71. The minimum absolute atomic E-state index is 0. The van der Waals surface area contributed by atoms with Gasteiger partial charge in [0, 0.05) is 30.6 Å². The molecule has 0 unspecified atom stereocenters. The summed E-state index contributed by atoms with van der Waals surface area (Å²) in [7, 11) is 0. The van der Waals surface area contributed by atoms with Crippen LogP contribution in [-0.2, 0) is 11.4 Å². The molecule has 2 aromatic rings. The number of aryl methyl sites for hydroxylation is 1. The Labute approximate surface area is 170 Å². The van der Waals surface area contributed by atoms with Gasteiger partial charge in [-0.25, -0.2) is 4.98 Å². The van der Waals surface area contributed by atoms with E-state index in [-0.39, 0.29) is 36.8 Å². The first-order valence-electron chi connectivity index (χ1n) is 7.96. The number of carbonyl (C=O) groups excluding carboxylic acids is 1. The van der Waals surface area contributed by atoms with Crippen LogP contribution in [0.1, 0.15) is 22.7 Å². The fourth-order valence-corrected chi connectivity index (χ4v) is 3.16. The smallest absolute Gasteiger partial charge is 0.246 e. The summed E-state index contributed by atoms with van der Waals surface area (Å²) in [6, 6.07) is 7.77. The number of thiazole rings is 1. The molecule has 0 aliphatic carbocycles. The average molecular weight is 416 g/mol. The second-order valence-corrected chi connectivity index (χ2v) is 6.94. The van der Waals surface area contributed by atoms with E-state index < -0.39 is 0 Å². The average Bonchev–Trinajstić information content (AvgIpc) is 3.20. The van der Waals surface area contributed by atoms with Crippen LogP contribution >= 0.6 is 36.2 Å². The third kappa shape index (κ3) is 6.29. The molecule has 1 aliphatic rings. The van der Waals surface area contributed by atoms with Gasteiger partial charge in [0.15, 0.2) is 0 Å². The molecule has 2 heterocycles. The number of nitrogens with zero attached hydrogens (tertiary/aromatic N) is 2. The summed E-state index contributed by atoms with van der Waals surface area (Å²) < 4.78 is 5.71. The number of carbonyl (C=O) groups is 1. The van der Waals surface area contributed by atoms with E-state index in [1.54, 1.807) is 22.3 Å². The van der Waals surface area contributed by atoms with E-state index in [0.717, 1.165) is 35.0 Å². The highest BCUT2D eigenvalue weighted by atomic mass is 35.5. The highest BCUT2D eigenvalue weighted by Gasteiger charge is 2.21. The van der Waals surface area contributed by atoms with Crippen LogP contribution in [0.3, 0.4) is 0 Å². The maximum absolute atomic E-state index is 12.0. The van der Waals surface area contributed by atoms with Crippen LogP contribution in [-0.4, -0.2) is 34.9 Å². The van der Waals surface area contributed by atoms with E-state index in [4.69, 9.17) is 10.5 Å². The molecular formula is C18H23Cl2N3O2S. The van der Waals surface area contributed by atoms with E-state index in [1.807, 2.05) is 42.6 Å². The molecule has 0 spiro atoms. The maximum Gasteiger partial charge on any atom is 0.246 e. The molecule has 1 aromatic carbocycles. The second-order valence-electron chi connectivity index (χ2n) is 5.88. The van der Waals surface area contributed by atoms with Crippen molar-refractivity contribution in [3.8, 4) is 5.75 Å². The molecule has 5 nitrogen and oxygen atoms in total. The zero-order chi connectivity index (χ0) is 16.9. The van der Waals surface area contributed by atoms with Gasteiger partial charge in [-0.05, 0) is 37.1 Å². The number of aromatic nitrogens is 1. The summed E-state index contributed by atoms with van der Waals surface area (Å²) >= 11 is 1.62. The van der Waals surface area contributed by atoms with Crippen LogP contribution in [0.2, 0.25) is 0 Å². The fraction of sp³-hybridized carbons (Fsp3) is 0.333. The Morgan fingerprint density at radius 1 is 1.38 bits per heavy atom. The van der Waals surface area contributed by atoms with E-state index in [0.29, 0.717) is 13.2 Å². The highest BCUT2D eigenvalue weighted by molar-refractivity contribution is 7.09. The van der Waals surface area contributed by atoms with Crippen LogP contribution < -0.4 is 10.5 Å². The predicted molar refractivity (Wildman–Crippen MR) is 110 cm³/mol. The van der Waals surface area contributed by atoms with Crippen molar-refractivity contribution in [2.24, 2.45) is 5.73 Å². The summed E-state index contributed by atoms with van der Waals surface area (Å²) in [5.74, 6) is 0.803. The summed E-state index contributed by atoms with van der Waals surface area (Å²) in [5, 5.41) is 3.04. The Bertz CT molecular complexity index is 734.